The van der Waals surface area contributed by atoms with Gasteiger partial charge < -0.3 is 23.7 Å². The van der Waals surface area contributed by atoms with Gasteiger partial charge in [-0.05, 0) is 50.4 Å². The van der Waals surface area contributed by atoms with E-state index in [2.05, 4.69) is 0 Å². The van der Waals surface area contributed by atoms with Crippen LogP contribution in [0.1, 0.15) is 38.5 Å². The second-order valence-corrected chi connectivity index (χ2v) is 7.64. The van der Waals surface area contributed by atoms with E-state index >= 15 is 0 Å². The lowest BCUT2D eigenvalue weighted by atomic mass is 9.90. The third kappa shape index (κ3) is 4.92. The molecule has 0 bridgehead atoms. The van der Waals surface area contributed by atoms with Crippen molar-refractivity contribution in [1.82, 2.24) is 0 Å². The largest absolute Gasteiger partial charge is 0.464 e. The lowest BCUT2D eigenvalue weighted by molar-refractivity contribution is -0.157. The van der Waals surface area contributed by atoms with Crippen LogP contribution >= 0.6 is 0 Å². The number of esters is 2. The highest BCUT2D eigenvalue weighted by molar-refractivity contribution is 5.73. The molecule has 0 N–H and O–H groups in total. The Morgan fingerprint density at radius 1 is 0.720 bits per heavy atom. The first-order valence-corrected chi connectivity index (χ1v) is 9.37. The third-order valence-corrected chi connectivity index (χ3v) is 5.63. The first kappa shape index (κ1) is 17.2. The van der Waals surface area contributed by atoms with Crippen LogP contribution in [0, 0.1) is 11.8 Å². The van der Waals surface area contributed by atoms with E-state index < -0.39 is 11.9 Å². The summed E-state index contributed by atoms with van der Waals surface area (Å²) in [5, 5.41) is 0. The van der Waals surface area contributed by atoms with Crippen LogP contribution in [0.5, 0.6) is 0 Å². The summed E-state index contributed by atoms with van der Waals surface area (Å²) in [6.07, 6.45) is 7.80. The van der Waals surface area contributed by atoms with Crippen molar-refractivity contribution < 1.29 is 33.3 Å². The number of hydrogen-bond acceptors (Lipinski definition) is 7. The minimum Gasteiger partial charge on any atom is -0.464 e. The summed E-state index contributed by atoms with van der Waals surface area (Å²) < 4.78 is 26.4. The Kier molecular flexibility index (Phi) is 5.24. The minimum atomic E-state index is -0.434. The van der Waals surface area contributed by atoms with Crippen LogP contribution in [0.25, 0.3) is 0 Å². The maximum absolute atomic E-state index is 11.7. The van der Waals surface area contributed by atoms with Gasteiger partial charge in [-0.2, -0.15) is 0 Å². The zero-order chi connectivity index (χ0) is 17.2. The lowest BCUT2D eigenvalue weighted by Gasteiger charge is -2.19. The molecule has 0 aromatic rings. The SMILES string of the molecule is O=C(COCC(=O)OCC1CCC2OC2C1)OCC1CCC2OC2C1. The highest BCUT2D eigenvalue weighted by Gasteiger charge is 2.44. The van der Waals surface area contributed by atoms with Gasteiger partial charge in [-0.25, -0.2) is 9.59 Å². The summed E-state index contributed by atoms with van der Waals surface area (Å²) in [5.41, 5.74) is 0. The fourth-order valence-corrected chi connectivity index (χ4v) is 4.00. The molecule has 0 aromatic carbocycles. The molecule has 0 spiro atoms. The fourth-order valence-electron chi connectivity index (χ4n) is 4.00. The lowest BCUT2D eigenvalue weighted by Crippen LogP contribution is -2.25. The van der Waals surface area contributed by atoms with Crippen LogP contribution in [-0.2, 0) is 33.3 Å². The van der Waals surface area contributed by atoms with E-state index in [0.29, 0.717) is 49.5 Å². The van der Waals surface area contributed by atoms with Crippen molar-refractivity contribution in [2.75, 3.05) is 26.4 Å². The second kappa shape index (κ2) is 7.60. The molecule has 2 saturated heterocycles. The molecular weight excluding hydrogens is 328 g/mol. The van der Waals surface area contributed by atoms with Gasteiger partial charge in [-0.1, -0.05) is 0 Å². The Hall–Kier alpha value is -1.18. The molecule has 2 saturated carbocycles. The van der Waals surface area contributed by atoms with Crippen molar-refractivity contribution in [1.29, 1.82) is 0 Å². The van der Waals surface area contributed by atoms with Crippen LogP contribution in [0.3, 0.4) is 0 Å². The zero-order valence-corrected chi connectivity index (χ0v) is 14.4. The van der Waals surface area contributed by atoms with Crippen LogP contribution < -0.4 is 0 Å². The Morgan fingerprint density at radius 3 is 1.64 bits per heavy atom. The predicted molar refractivity (Wildman–Crippen MR) is 84.7 cm³/mol. The molecule has 6 unspecified atom stereocenters. The maximum atomic E-state index is 11.7. The van der Waals surface area contributed by atoms with Crippen molar-refractivity contribution in [3.05, 3.63) is 0 Å². The summed E-state index contributed by atoms with van der Waals surface area (Å²) in [6, 6.07) is 0. The number of hydrogen-bond donors (Lipinski definition) is 0. The fraction of sp³-hybridized carbons (Fsp3) is 0.889. The van der Waals surface area contributed by atoms with Crippen LogP contribution in [0.15, 0.2) is 0 Å². The highest BCUT2D eigenvalue weighted by atomic mass is 16.6. The van der Waals surface area contributed by atoms with E-state index in [1.165, 1.54) is 0 Å². The molecule has 4 rings (SSSR count). The standard InChI is InChI=1S/C18H26O7/c19-17(22-7-11-1-3-13-15(5-11)24-13)9-21-10-18(20)23-8-12-2-4-14-16(6-12)25-14/h11-16H,1-10H2. The predicted octanol–water partition coefficient (Wildman–Crippen LogP) is 1.22. The molecule has 2 aliphatic heterocycles. The summed E-state index contributed by atoms with van der Waals surface area (Å²) in [4.78, 5) is 23.3. The molecule has 0 radical (unpaired) electrons. The van der Waals surface area contributed by atoms with Gasteiger partial charge in [0.2, 0.25) is 0 Å². The molecule has 6 atom stereocenters. The van der Waals surface area contributed by atoms with Gasteiger partial charge in [0.05, 0.1) is 37.6 Å². The van der Waals surface area contributed by atoms with E-state index in [-0.39, 0.29) is 13.2 Å². The van der Waals surface area contributed by atoms with Crippen molar-refractivity contribution in [3.8, 4) is 0 Å². The van der Waals surface area contributed by atoms with Gasteiger partial charge in [-0.3, -0.25) is 0 Å². The molecule has 0 amide bonds. The molecular formula is C18H26O7. The van der Waals surface area contributed by atoms with Crippen LogP contribution in [-0.4, -0.2) is 62.8 Å². The highest BCUT2D eigenvalue weighted by Crippen LogP contribution is 2.40. The molecule has 2 heterocycles. The molecule has 7 heteroatoms. The van der Waals surface area contributed by atoms with Crippen molar-refractivity contribution in [3.63, 3.8) is 0 Å². The first-order valence-electron chi connectivity index (χ1n) is 9.37. The minimum absolute atomic E-state index is 0.217. The monoisotopic (exact) mass is 354 g/mol. The molecule has 25 heavy (non-hydrogen) atoms. The van der Waals surface area contributed by atoms with Crippen molar-refractivity contribution >= 4 is 11.9 Å². The van der Waals surface area contributed by atoms with Gasteiger partial charge in [0.1, 0.15) is 13.2 Å². The van der Waals surface area contributed by atoms with Crippen LogP contribution in [0.2, 0.25) is 0 Å². The molecule has 0 aromatic heterocycles. The number of carbonyl (C=O) groups is 2. The van der Waals surface area contributed by atoms with Crippen molar-refractivity contribution in [2.24, 2.45) is 11.8 Å². The van der Waals surface area contributed by atoms with Gasteiger partial charge in [0.25, 0.3) is 0 Å². The number of carbonyl (C=O) groups excluding carboxylic acids is 2. The molecule has 4 aliphatic rings. The van der Waals surface area contributed by atoms with E-state index in [1.807, 2.05) is 0 Å². The molecule has 7 nitrogen and oxygen atoms in total. The summed E-state index contributed by atoms with van der Waals surface area (Å²) in [5.74, 6) is -0.113. The Bertz CT molecular complexity index is 464. The Labute approximate surface area is 147 Å². The molecule has 140 valence electrons. The van der Waals surface area contributed by atoms with E-state index in [0.717, 1.165) is 38.5 Å². The normalized spacial score (nSPS) is 38.2. The zero-order valence-electron chi connectivity index (χ0n) is 14.4. The maximum Gasteiger partial charge on any atom is 0.332 e. The van der Waals surface area contributed by atoms with Crippen molar-refractivity contribution in [2.45, 2.75) is 62.9 Å². The number of rotatable bonds is 8. The first-order chi connectivity index (χ1) is 12.2. The quantitative estimate of drug-likeness (QED) is 0.478. The Morgan fingerprint density at radius 2 is 1.20 bits per heavy atom. The number of ether oxygens (including phenoxy) is 5. The average Bonchev–Trinajstić information content (AvgIpc) is 3.51. The number of fused-ring (bicyclic) bond motifs is 2. The third-order valence-electron chi connectivity index (χ3n) is 5.63. The van der Waals surface area contributed by atoms with Gasteiger partial charge in [0.15, 0.2) is 0 Å². The molecule has 4 fully saturated rings. The smallest absolute Gasteiger partial charge is 0.332 e. The number of epoxide rings is 2. The van der Waals surface area contributed by atoms with Gasteiger partial charge in [-0.15, -0.1) is 0 Å². The Balaban J connectivity index is 1.02. The van der Waals surface area contributed by atoms with Gasteiger partial charge >= 0.3 is 11.9 Å². The van der Waals surface area contributed by atoms with Gasteiger partial charge in [0, 0.05) is 0 Å². The van der Waals surface area contributed by atoms with E-state index in [4.69, 9.17) is 23.7 Å². The second-order valence-electron chi connectivity index (χ2n) is 7.64. The van der Waals surface area contributed by atoms with Crippen LogP contribution in [0.4, 0.5) is 0 Å². The average molecular weight is 354 g/mol. The topological polar surface area (TPSA) is 86.9 Å². The summed E-state index contributed by atoms with van der Waals surface area (Å²) >= 11 is 0. The summed E-state index contributed by atoms with van der Waals surface area (Å²) in [6.45, 7) is 0.382. The summed E-state index contributed by atoms with van der Waals surface area (Å²) in [7, 11) is 0. The van der Waals surface area contributed by atoms with E-state index in [1.54, 1.807) is 0 Å². The molecule has 2 aliphatic carbocycles. The van der Waals surface area contributed by atoms with E-state index in [9.17, 15) is 9.59 Å².